The van der Waals surface area contributed by atoms with Crippen LogP contribution < -0.4 is 15.5 Å². The third-order valence-electron chi connectivity index (χ3n) is 5.52. The van der Waals surface area contributed by atoms with Crippen LogP contribution in [0, 0.1) is 0 Å². The van der Waals surface area contributed by atoms with Crippen molar-refractivity contribution < 1.29 is 0 Å². The molecule has 144 valence electrons. The van der Waals surface area contributed by atoms with Gasteiger partial charge in [0.1, 0.15) is 0 Å². The molecule has 1 saturated heterocycles. The van der Waals surface area contributed by atoms with Crippen molar-refractivity contribution in [2.75, 3.05) is 25.0 Å². The van der Waals surface area contributed by atoms with E-state index in [1.807, 2.05) is 7.05 Å². The Hall–Kier alpha value is -1.76. The van der Waals surface area contributed by atoms with E-state index in [2.05, 4.69) is 81.2 Å². The van der Waals surface area contributed by atoms with E-state index in [4.69, 9.17) is 0 Å². The molecule has 0 spiro atoms. The maximum Gasteiger partial charge on any atom is 0.191 e. The van der Waals surface area contributed by atoms with E-state index in [0.717, 1.165) is 31.9 Å². The summed E-state index contributed by atoms with van der Waals surface area (Å²) in [5.74, 6) is 1.57. The normalized spacial score (nSPS) is 22.7. The predicted molar refractivity (Wildman–Crippen MR) is 124 cm³/mol. The molecule has 27 heavy (non-hydrogen) atoms. The Kier molecular flexibility index (Phi) is 6.99. The third kappa shape index (κ3) is 5.15. The Balaban J connectivity index is 0.00000210. The molecule has 4 nitrogen and oxygen atoms in total. The van der Waals surface area contributed by atoms with Crippen molar-refractivity contribution in [3.63, 3.8) is 0 Å². The second kappa shape index (κ2) is 9.44. The molecule has 1 heterocycles. The second-order valence-corrected chi connectivity index (χ2v) is 7.32. The van der Waals surface area contributed by atoms with E-state index in [1.165, 1.54) is 17.7 Å². The average Bonchev–Trinajstić information content (AvgIpc) is 3.48. The maximum absolute atomic E-state index is 4.45. The highest BCUT2D eigenvalue weighted by Crippen LogP contribution is 2.40. The van der Waals surface area contributed by atoms with Crippen molar-refractivity contribution in [1.29, 1.82) is 0 Å². The molecule has 2 fully saturated rings. The fraction of sp³-hybridized carbons (Fsp3) is 0.409. The Morgan fingerprint density at radius 3 is 2.19 bits per heavy atom. The number of aliphatic imine (C=N–C) groups is 1. The number of halogens is 1. The smallest absolute Gasteiger partial charge is 0.191 e. The van der Waals surface area contributed by atoms with Crippen molar-refractivity contribution in [1.82, 2.24) is 10.6 Å². The van der Waals surface area contributed by atoms with Crippen molar-refractivity contribution >= 4 is 35.6 Å². The molecule has 0 amide bonds. The first-order chi connectivity index (χ1) is 12.8. The van der Waals surface area contributed by atoms with Gasteiger partial charge in [-0.3, -0.25) is 4.99 Å². The number of nitrogens with zero attached hydrogens (tertiary/aromatic N) is 2. The fourth-order valence-electron chi connectivity index (χ4n) is 3.88. The Bertz CT molecular complexity index is 726. The number of rotatable bonds is 4. The van der Waals surface area contributed by atoms with Gasteiger partial charge in [-0.25, -0.2) is 0 Å². The highest BCUT2D eigenvalue weighted by atomic mass is 127. The van der Waals surface area contributed by atoms with E-state index < -0.39 is 0 Å². The molecule has 2 unspecified atom stereocenters. The number of anilines is 1. The summed E-state index contributed by atoms with van der Waals surface area (Å²) in [6.07, 6.45) is 3.47. The van der Waals surface area contributed by atoms with Crippen LogP contribution in [0.1, 0.15) is 30.7 Å². The largest absolute Gasteiger partial charge is 0.371 e. The lowest BCUT2D eigenvalue weighted by Crippen LogP contribution is -2.49. The molecule has 0 radical (unpaired) electrons. The number of hydrogen-bond acceptors (Lipinski definition) is 2. The summed E-state index contributed by atoms with van der Waals surface area (Å²) in [6, 6.07) is 22.5. The highest BCUT2D eigenvalue weighted by Gasteiger charge is 2.39. The Morgan fingerprint density at radius 1 is 0.926 bits per heavy atom. The molecular formula is C22H29IN4. The first-order valence-corrected chi connectivity index (χ1v) is 9.68. The molecule has 0 bridgehead atoms. The minimum atomic E-state index is 0. The average molecular weight is 476 g/mol. The molecule has 1 aliphatic heterocycles. The fourth-order valence-corrected chi connectivity index (χ4v) is 3.88. The number of benzene rings is 2. The number of guanidine groups is 1. The lowest BCUT2D eigenvalue weighted by molar-refractivity contribution is 0.461. The van der Waals surface area contributed by atoms with E-state index in [9.17, 15) is 0 Å². The summed E-state index contributed by atoms with van der Waals surface area (Å²) in [7, 11) is 1.87. The van der Waals surface area contributed by atoms with E-state index in [0.29, 0.717) is 18.0 Å². The first-order valence-electron chi connectivity index (χ1n) is 9.68. The van der Waals surface area contributed by atoms with Gasteiger partial charge in [-0.05, 0) is 37.0 Å². The molecule has 0 aromatic heterocycles. The van der Waals surface area contributed by atoms with Gasteiger partial charge in [0.15, 0.2) is 5.96 Å². The van der Waals surface area contributed by atoms with Crippen LogP contribution in [-0.4, -0.2) is 38.2 Å². The van der Waals surface area contributed by atoms with Gasteiger partial charge in [-0.2, -0.15) is 0 Å². The number of nitrogens with one attached hydrogen (secondary N) is 2. The van der Waals surface area contributed by atoms with E-state index >= 15 is 0 Å². The molecule has 4 rings (SSSR count). The standard InChI is InChI=1S/C22H28N4.HI/c1-23-22(25-21-16-20(21)17-8-4-2-5-9-17)24-18-12-14-26(15-13-18)19-10-6-3-7-11-19;/h2-11,18,20-21H,12-16H2,1H3,(H2,23,24,25);1H. The second-order valence-electron chi connectivity index (χ2n) is 7.32. The van der Waals surface area contributed by atoms with Crippen LogP contribution in [-0.2, 0) is 0 Å². The lowest BCUT2D eigenvalue weighted by atomic mass is 10.0. The van der Waals surface area contributed by atoms with Gasteiger partial charge in [-0.1, -0.05) is 48.5 Å². The van der Waals surface area contributed by atoms with Crippen LogP contribution in [0.25, 0.3) is 0 Å². The zero-order valence-corrected chi connectivity index (χ0v) is 18.2. The van der Waals surface area contributed by atoms with E-state index in [1.54, 1.807) is 0 Å². The first kappa shape index (κ1) is 20.0. The Labute approximate surface area is 179 Å². The molecule has 2 N–H and O–H groups in total. The summed E-state index contributed by atoms with van der Waals surface area (Å²) in [4.78, 5) is 6.92. The summed E-state index contributed by atoms with van der Waals surface area (Å²) < 4.78 is 0. The van der Waals surface area contributed by atoms with Gasteiger partial charge in [0.05, 0.1) is 0 Å². The minimum absolute atomic E-state index is 0. The molecule has 2 atom stereocenters. The highest BCUT2D eigenvalue weighted by molar-refractivity contribution is 14.0. The van der Waals surface area contributed by atoms with E-state index in [-0.39, 0.29) is 24.0 Å². The van der Waals surface area contributed by atoms with Crippen LogP contribution in [0.4, 0.5) is 5.69 Å². The van der Waals surface area contributed by atoms with Crippen LogP contribution in [0.3, 0.4) is 0 Å². The molecule has 1 saturated carbocycles. The maximum atomic E-state index is 4.45. The third-order valence-corrected chi connectivity index (χ3v) is 5.52. The van der Waals surface area contributed by atoms with Gasteiger partial charge in [0.2, 0.25) is 0 Å². The van der Waals surface area contributed by atoms with Crippen LogP contribution in [0.15, 0.2) is 65.7 Å². The number of hydrogen-bond donors (Lipinski definition) is 2. The summed E-state index contributed by atoms with van der Waals surface area (Å²) >= 11 is 0. The predicted octanol–water partition coefficient (Wildman–Crippen LogP) is 3.99. The quantitative estimate of drug-likeness (QED) is 0.398. The monoisotopic (exact) mass is 476 g/mol. The summed E-state index contributed by atoms with van der Waals surface area (Å²) in [5.41, 5.74) is 2.76. The summed E-state index contributed by atoms with van der Waals surface area (Å²) in [5, 5.41) is 7.24. The molecule has 2 aromatic carbocycles. The van der Waals surface area contributed by atoms with Gasteiger partial charge < -0.3 is 15.5 Å². The van der Waals surface area contributed by atoms with Crippen LogP contribution >= 0.6 is 24.0 Å². The zero-order valence-electron chi connectivity index (χ0n) is 15.8. The molecular weight excluding hydrogens is 447 g/mol. The molecule has 2 aliphatic rings. The Morgan fingerprint density at radius 2 is 1.56 bits per heavy atom. The minimum Gasteiger partial charge on any atom is -0.371 e. The van der Waals surface area contributed by atoms with Crippen molar-refractivity contribution in [3.05, 3.63) is 66.2 Å². The van der Waals surface area contributed by atoms with Gasteiger partial charge in [-0.15, -0.1) is 24.0 Å². The van der Waals surface area contributed by atoms with Gasteiger partial charge >= 0.3 is 0 Å². The number of para-hydroxylation sites is 1. The number of piperidine rings is 1. The van der Waals surface area contributed by atoms with Crippen LogP contribution in [0.2, 0.25) is 0 Å². The summed E-state index contributed by atoms with van der Waals surface area (Å²) in [6.45, 7) is 2.18. The van der Waals surface area contributed by atoms with Crippen molar-refractivity contribution in [2.45, 2.75) is 37.3 Å². The topological polar surface area (TPSA) is 39.7 Å². The van der Waals surface area contributed by atoms with Gasteiger partial charge in [0, 0.05) is 43.8 Å². The zero-order chi connectivity index (χ0) is 17.8. The van der Waals surface area contributed by atoms with Gasteiger partial charge in [0.25, 0.3) is 0 Å². The van der Waals surface area contributed by atoms with Crippen LogP contribution in [0.5, 0.6) is 0 Å². The molecule has 5 heteroatoms. The van der Waals surface area contributed by atoms with Crippen molar-refractivity contribution in [2.24, 2.45) is 4.99 Å². The lowest BCUT2D eigenvalue weighted by Gasteiger charge is -2.34. The molecule has 2 aromatic rings. The molecule has 1 aliphatic carbocycles. The SMILES string of the molecule is CN=C(NC1CCN(c2ccccc2)CC1)NC1CC1c1ccccc1.I. The van der Waals surface area contributed by atoms with Crippen molar-refractivity contribution in [3.8, 4) is 0 Å².